The van der Waals surface area contributed by atoms with Gasteiger partial charge < -0.3 is 10.1 Å². The molecule has 0 aliphatic carbocycles. The Labute approximate surface area is 97.2 Å². The SMILES string of the molecule is c1cncc(CCNCCC2CCOC2)c1. The van der Waals surface area contributed by atoms with Gasteiger partial charge in [0.1, 0.15) is 0 Å². The molecule has 1 aromatic heterocycles. The molecule has 2 rings (SSSR count). The second-order valence-corrected chi connectivity index (χ2v) is 4.38. The van der Waals surface area contributed by atoms with E-state index in [9.17, 15) is 0 Å². The lowest BCUT2D eigenvalue weighted by atomic mass is 10.1. The molecular weight excluding hydrogens is 200 g/mol. The lowest BCUT2D eigenvalue weighted by molar-refractivity contribution is 0.184. The van der Waals surface area contributed by atoms with Gasteiger partial charge in [-0.05, 0) is 49.9 Å². The third-order valence-corrected chi connectivity index (χ3v) is 3.07. The number of aromatic nitrogens is 1. The molecule has 0 spiro atoms. The lowest BCUT2D eigenvalue weighted by Crippen LogP contribution is -2.21. The van der Waals surface area contributed by atoms with E-state index in [1.54, 1.807) is 0 Å². The minimum Gasteiger partial charge on any atom is -0.381 e. The van der Waals surface area contributed by atoms with E-state index in [4.69, 9.17) is 4.74 Å². The molecule has 0 aromatic carbocycles. The number of pyridine rings is 1. The Bertz CT molecular complexity index is 283. The Balaban J connectivity index is 1.52. The Hall–Kier alpha value is -0.930. The summed E-state index contributed by atoms with van der Waals surface area (Å²) < 4.78 is 5.35. The number of hydrogen-bond acceptors (Lipinski definition) is 3. The molecule has 3 nitrogen and oxygen atoms in total. The predicted molar refractivity (Wildman–Crippen MR) is 64.4 cm³/mol. The average Bonchev–Trinajstić information content (AvgIpc) is 2.83. The zero-order valence-corrected chi connectivity index (χ0v) is 9.69. The molecule has 2 heterocycles. The topological polar surface area (TPSA) is 34.2 Å². The van der Waals surface area contributed by atoms with E-state index in [1.807, 2.05) is 18.5 Å². The number of nitrogens with one attached hydrogen (secondary N) is 1. The van der Waals surface area contributed by atoms with Crippen LogP contribution in [0.5, 0.6) is 0 Å². The molecular formula is C13H20N2O. The number of hydrogen-bond donors (Lipinski definition) is 1. The van der Waals surface area contributed by atoms with Crippen molar-refractivity contribution in [1.29, 1.82) is 0 Å². The maximum atomic E-state index is 5.35. The molecule has 88 valence electrons. The third-order valence-electron chi connectivity index (χ3n) is 3.07. The largest absolute Gasteiger partial charge is 0.381 e. The Morgan fingerprint density at radius 2 is 2.44 bits per heavy atom. The minimum absolute atomic E-state index is 0.783. The minimum atomic E-state index is 0.783. The van der Waals surface area contributed by atoms with Crippen molar-refractivity contribution in [3.05, 3.63) is 30.1 Å². The average molecular weight is 220 g/mol. The van der Waals surface area contributed by atoms with E-state index < -0.39 is 0 Å². The molecule has 1 saturated heterocycles. The van der Waals surface area contributed by atoms with Gasteiger partial charge in [0.15, 0.2) is 0 Å². The molecule has 16 heavy (non-hydrogen) atoms. The molecule has 0 bridgehead atoms. The summed E-state index contributed by atoms with van der Waals surface area (Å²) in [6, 6.07) is 4.12. The normalized spacial score (nSPS) is 20.1. The number of ether oxygens (including phenoxy) is 1. The highest BCUT2D eigenvalue weighted by molar-refractivity contribution is 5.08. The van der Waals surface area contributed by atoms with Crippen LogP contribution in [0.3, 0.4) is 0 Å². The van der Waals surface area contributed by atoms with Crippen LogP contribution in [0.4, 0.5) is 0 Å². The molecule has 1 fully saturated rings. The van der Waals surface area contributed by atoms with Gasteiger partial charge in [-0.1, -0.05) is 6.07 Å². The van der Waals surface area contributed by atoms with Crippen LogP contribution < -0.4 is 5.32 Å². The van der Waals surface area contributed by atoms with Gasteiger partial charge in [0.05, 0.1) is 0 Å². The molecule has 1 unspecified atom stereocenters. The Kier molecular flexibility index (Phi) is 4.77. The van der Waals surface area contributed by atoms with Crippen LogP contribution >= 0.6 is 0 Å². The van der Waals surface area contributed by atoms with E-state index in [2.05, 4.69) is 16.4 Å². The predicted octanol–water partition coefficient (Wildman–Crippen LogP) is 1.64. The van der Waals surface area contributed by atoms with Crippen LogP contribution in [0, 0.1) is 5.92 Å². The zero-order chi connectivity index (χ0) is 11.1. The van der Waals surface area contributed by atoms with Crippen molar-refractivity contribution in [2.24, 2.45) is 5.92 Å². The Morgan fingerprint density at radius 1 is 1.44 bits per heavy atom. The van der Waals surface area contributed by atoms with Crippen LogP contribution in [0.1, 0.15) is 18.4 Å². The number of rotatable bonds is 6. The summed E-state index contributed by atoms with van der Waals surface area (Å²) in [5, 5.41) is 3.48. The van der Waals surface area contributed by atoms with Crippen molar-refractivity contribution >= 4 is 0 Å². The highest BCUT2D eigenvalue weighted by Gasteiger charge is 2.14. The molecule has 1 N–H and O–H groups in total. The fourth-order valence-electron chi connectivity index (χ4n) is 2.02. The van der Waals surface area contributed by atoms with Crippen LogP contribution in [0.25, 0.3) is 0 Å². The van der Waals surface area contributed by atoms with Gasteiger partial charge in [-0.15, -0.1) is 0 Å². The Morgan fingerprint density at radius 3 is 3.19 bits per heavy atom. The second-order valence-electron chi connectivity index (χ2n) is 4.38. The van der Waals surface area contributed by atoms with Crippen molar-refractivity contribution in [3.8, 4) is 0 Å². The highest BCUT2D eigenvalue weighted by Crippen LogP contribution is 2.14. The van der Waals surface area contributed by atoms with Gasteiger partial charge in [0.2, 0.25) is 0 Å². The van der Waals surface area contributed by atoms with E-state index >= 15 is 0 Å². The van der Waals surface area contributed by atoms with Gasteiger partial charge >= 0.3 is 0 Å². The van der Waals surface area contributed by atoms with E-state index in [-0.39, 0.29) is 0 Å². The first-order chi connectivity index (χ1) is 7.95. The summed E-state index contributed by atoms with van der Waals surface area (Å²) in [4.78, 5) is 4.10. The number of nitrogens with zero attached hydrogens (tertiary/aromatic N) is 1. The molecule has 0 saturated carbocycles. The summed E-state index contributed by atoms with van der Waals surface area (Å²) in [5.41, 5.74) is 1.30. The third kappa shape index (κ3) is 3.91. The maximum absolute atomic E-state index is 5.35. The first kappa shape index (κ1) is 11.6. The van der Waals surface area contributed by atoms with E-state index in [0.29, 0.717) is 0 Å². The highest BCUT2D eigenvalue weighted by atomic mass is 16.5. The first-order valence-corrected chi connectivity index (χ1v) is 6.12. The van der Waals surface area contributed by atoms with Gasteiger partial charge in [-0.25, -0.2) is 0 Å². The molecule has 3 heteroatoms. The quantitative estimate of drug-likeness (QED) is 0.740. The second kappa shape index (κ2) is 6.61. The molecule has 1 aliphatic rings. The lowest BCUT2D eigenvalue weighted by Gasteiger charge is -2.08. The molecule has 0 radical (unpaired) electrons. The monoisotopic (exact) mass is 220 g/mol. The molecule has 1 aromatic rings. The van der Waals surface area contributed by atoms with Crippen molar-refractivity contribution < 1.29 is 4.74 Å². The van der Waals surface area contributed by atoms with E-state index in [1.165, 1.54) is 18.4 Å². The van der Waals surface area contributed by atoms with Crippen molar-refractivity contribution in [2.45, 2.75) is 19.3 Å². The van der Waals surface area contributed by atoms with E-state index in [0.717, 1.165) is 38.6 Å². The summed E-state index contributed by atoms with van der Waals surface area (Å²) in [6.07, 6.45) is 7.30. The summed E-state index contributed by atoms with van der Waals surface area (Å²) in [6.45, 7) is 4.07. The van der Waals surface area contributed by atoms with Crippen molar-refractivity contribution in [1.82, 2.24) is 10.3 Å². The summed E-state index contributed by atoms with van der Waals surface area (Å²) in [5.74, 6) is 0.783. The fourth-order valence-corrected chi connectivity index (χ4v) is 2.02. The van der Waals surface area contributed by atoms with Gasteiger partial charge in [0, 0.05) is 25.6 Å². The van der Waals surface area contributed by atoms with Crippen LogP contribution in [-0.4, -0.2) is 31.3 Å². The summed E-state index contributed by atoms with van der Waals surface area (Å²) in [7, 11) is 0. The van der Waals surface area contributed by atoms with Crippen LogP contribution in [0.15, 0.2) is 24.5 Å². The van der Waals surface area contributed by atoms with Crippen LogP contribution in [0.2, 0.25) is 0 Å². The fraction of sp³-hybridized carbons (Fsp3) is 0.615. The van der Waals surface area contributed by atoms with Crippen molar-refractivity contribution in [2.75, 3.05) is 26.3 Å². The first-order valence-electron chi connectivity index (χ1n) is 6.12. The molecule has 0 amide bonds. The van der Waals surface area contributed by atoms with Crippen LogP contribution in [-0.2, 0) is 11.2 Å². The molecule has 1 aliphatic heterocycles. The van der Waals surface area contributed by atoms with Crippen molar-refractivity contribution in [3.63, 3.8) is 0 Å². The smallest absolute Gasteiger partial charge is 0.0495 e. The van der Waals surface area contributed by atoms with Gasteiger partial charge in [0.25, 0.3) is 0 Å². The summed E-state index contributed by atoms with van der Waals surface area (Å²) >= 11 is 0. The maximum Gasteiger partial charge on any atom is 0.0495 e. The standard InChI is InChI=1S/C13H20N2O/c1-2-12(10-15-6-1)3-7-14-8-4-13-5-9-16-11-13/h1-2,6,10,13-14H,3-5,7-9,11H2. The van der Waals surface area contributed by atoms with Gasteiger partial charge in [-0.2, -0.15) is 0 Å². The molecule has 1 atom stereocenters. The zero-order valence-electron chi connectivity index (χ0n) is 9.69. The van der Waals surface area contributed by atoms with Gasteiger partial charge in [-0.3, -0.25) is 4.98 Å².